The van der Waals surface area contributed by atoms with Crippen LogP contribution in [0.3, 0.4) is 0 Å². The Hall–Kier alpha value is -0.760. The topological polar surface area (TPSA) is 277 Å². The minimum absolute atomic E-state index is 0.250. The molecule has 0 radical (unpaired) electrons. The molecule has 0 amide bonds. The fraction of sp³-hybridized carbons (Fsp3) is 1.00. The summed E-state index contributed by atoms with van der Waals surface area (Å²) in [5, 5.41) is 108. The van der Waals surface area contributed by atoms with Gasteiger partial charge in [-0.1, -0.05) is 98.8 Å². The number of nitrogens with one attached hydrogen (secondary N) is 5. The van der Waals surface area contributed by atoms with Crippen LogP contribution in [0, 0.1) is 0 Å². The molecule has 1 saturated carbocycles. The fourth-order valence-electron chi connectivity index (χ4n) is 9.74. The minimum atomic E-state index is -1.53. The quantitative estimate of drug-likeness (QED) is 0.0385. The molecule has 3 saturated heterocycles. The Labute approximate surface area is 401 Å². The second-order valence-corrected chi connectivity index (χ2v) is 19.3. The van der Waals surface area contributed by atoms with Gasteiger partial charge in [0.2, 0.25) is 0 Å². The van der Waals surface area contributed by atoms with E-state index in [4.69, 9.17) is 28.4 Å². The molecule has 0 bridgehead atoms. The highest BCUT2D eigenvalue weighted by Crippen LogP contribution is 2.36. The first-order valence-electron chi connectivity index (χ1n) is 26.4. The molecule has 13 N–H and O–H groups in total. The van der Waals surface area contributed by atoms with E-state index in [2.05, 4.69) is 61.2 Å². The normalized spacial score (nSPS) is 38.2. The van der Waals surface area contributed by atoms with E-state index in [1.165, 1.54) is 0 Å². The van der Waals surface area contributed by atoms with Crippen molar-refractivity contribution in [2.24, 2.45) is 0 Å². The van der Waals surface area contributed by atoms with Gasteiger partial charge < -0.3 is 95.9 Å². The third-order valence-corrected chi connectivity index (χ3v) is 13.9. The first-order valence-corrected chi connectivity index (χ1v) is 26.4. The van der Waals surface area contributed by atoms with E-state index in [9.17, 15) is 40.9 Å². The lowest BCUT2D eigenvalue weighted by atomic mass is 9.83. The SMILES string of the molecule is CCCCCNCC1O[C@H](O[C@H]2[C@@H](O)[C@H](O[C@@H]3[C@@H](O)[C@H](NCCCCC)C[C@H](NCCCCC)[C@H]3O[C@H]3O[C@H](CO)[C@@H](O)[C@H](O)[C@H]3NCCCCC)O[C@@H]2CO)[C@H](NCCCCC)[C@@H](O)[C@@H]1O. The molecule has 1 unspecified atom stereocenters. The Morgan fingerprint density at radius 1 is 0.403 bits per heavy atom. The maximum atomic E-state index is 12.3. The molecule has 4 fully saturated rings. The molecule has 0 aromatic carbocycles. The van der Waals surface area contributed by atoms with Crippen LogP contribution in [-0.2, 0) is 28.4 Å². The number of unbranched alkanes of at least 4 members (excludes halogenated alkanes) is 10. The first-order chi connectivity index (χ1) is 32.5. The highest BCUT2D eigenvalue weighted by atomic mass is 16.8. The molecule has 4 aliphatic rings. The van der Waals surface area contributed by atoms with Gasteiger partial charge in [-0.3, -0.25) is 0 Å². The Kier molecular flexibility index (Phi) is 28.4. The predicted octanol–water partition coefficient (Wildman–Crippen LogP) is 0.244. The summed E-state index contributed by atoms with van der Waals surface area (Å²) in [6.45, 7) is 12.6. The molecule has 19 atom stereocenters. The van der Waals surface area contributed by atoms with Crippen LogP contribution in [0.15, 0.2) is 0 Å². The second-order valence-electron chi connectivity index (χ2n) is 19.3. The zero-order valence-corrected chi connectivity index (χ0v) is 41.5. The zero-order valence-electron chi connectivity index (χ0n) is 41.5. The Bertz CT molecular complexity index is 1270. The number of aliphatic hydroxyl groups is 8. The van der Waals surface area contributed by atoms with Crippen LogP contribution in [0.2, 0.25) is 0 Å². The van der Waals surface area contributed by atoms with Gasteiger partial charge in [0.05, 0.1) is 31.4 Å². The molecule has 3 heterocycles. The molecule has 19 heteroatoms. The Balaban J connectivity index is 1.65. The molecule has 4 rings (SSSR count). The third kappa shape index (κ3) is 17.5. The van der Waals surface area contributed by atoms with Crippen LogP contribution in [0.5, 0.6) is 0 Å². The predicted molar refractivity (Wildman–Crippen MR) is 253 cm³/mol. The summed E-state index contributed by atoms with van der Waals surface area (Å²) < 4.78 is 38.9. The van der Waals surface area contributed by atoms with E-state index >= 15 is 0 Å². The lowest BCUT2D eigenvalue weighted by Gasteiger charge is -2.49. The summed E-state index contributed by atoms with van der Waals surface area (Å²) in [5.74, 6) is 0. The highest BCUT2D eigenvalue weighted by molar-refractivity contribution is 5.04. The van der Waals surface area contributed by atoms with Crippen LogP contribution in [0.1, 0.15) is 137 Å². The molecule has 67 heavy (non-hydrogen) atoms. The number of hydrogen-bond donors (Lipinski definition) is 13. The average molecular weight is 966 g/mol. The summed E-state index contributed by atoms with van der Waals surface area (Å²) in [6.07, 6.45) is -3.65. The first kappa shape index (κ1) is 58.8. The van der Waals surface area contributed by atoms with E-state index in [0.717, 1.165) is 96.3 Å². The van der Waals surface area contributed by atoms with E-state index in [-0.39, 0.29) is 6.54 Å². The van der Waals surface area contributed by atoms with Gasteiger partial charge in [0.25, 0.3) is 0 Å². The van der Waals surface area contributed by atoms with Gasteiger partial charge in [0, 0.05) is 18.6 Å². The van der Waals surface area contributed by atoms with Crippen molar-refractivity contribution in [3.63, 3.8) is 0 Å². The zero-order chi connectivity index (χ0) is 48.7. The van der Waals surface area contributed by atoms with Crippen molar-refractivity contribution in [1.82, 2.24) is 26.6 Å². The molecular formula is C48H95N5O14. The third-order valence-electron chi connectivity index (χ3n) is 13.9. The van der Waals surface area contributed by atoms with E-state index < -0.39 is 129 Å². The molecule has 3 aliphatic heterocycles. The van der Waals surface area contributed by atoms with Gasteiger partial charge in [-0.2, -0.15) is 0 Å². The molecule has 0 spiro atoms. The molecule has 396 valence electrons. The highest BCUT2D eigenvalue weighted by Gasteiger charge is 2.55. The molecule has 1 aliphatic carbocycles. The van der Waals surface area contributed by atoms with Gasteiger partial charge >= 0.3 is 0 Å². The van der Waals surface area contributed by atoms with Gasteiger partial charge in [0.15, 0.2) is 18.9 Å². The van der Waals surface area contributed by atoms with E-state index in [1.807, 2.05) is 0 Å². The van der Waals surface area contributed by atoms with E-state index in [0.29, 0.717) is 39.1 Å². The van der Waals surface area contributed by atoms with Crippen LogP contribution in [0.25, 0.3) is 0 Å². The van der Waals surface area contributed by atoms with Crippen LogP contribution in [-0.4, -0.2) is 210 Å². The van der Waals surface area contributed by atoms with Crippen LogP contribution in [0.4, 0.5) is 0 Å². The summed E-state index contributed by atoms with van der Waals surface area (Å²) >= 11 is 0. The largest absolute Gasteiger partial charge is 0.394 e. The van der Waals surface area contributed by atoms with Crippen molar-refractivity contribution in [3.05, 3.63) is 0 Å². The molecule has 19 nitrogen and oxygen atoms in total. The molecule has 0 aromatic heterocycles. The summed E-state index contributed by atoms with van der Waals surface area (Å²) in [7, 11) is 0. The van der Waals surface area contributed by atoms with Crippen molar-refractivity contribution in [1.29, 1.82) is 0 Å². The van der Waals surface area contributed by atoms with Gasteiger partial charge in [0.1, 0.15) is 67.1 Å². The lowest BCUT2D eigenvalue weighted by molar-refractivity contribution is -0.315. The Morgan fingerprint density at radius 2 is 0.821 bits per heavy atom. The maximum absolute atomic E-state index is 12.3. The number of hydrogen-bond acceptors (Lipinski definition) is 19. The standard InChI is InChI=1S/C48H95N5O14/c1-6-11-16-21-49-27-32-38(57)40(59)35(52-24-19-14-9-4)46(62-32)66-44-34(29-55)64-48(42(44)61)67-45-37(56)30(50-22-17-12-7-2)26-31(51-23-18-13-8-3)43(45)65-47-36(53-25-20-15-10-5)41(60)39(58)33(28-54)63-47/h30-61H,6-29H2,1-5H3/t30-,31+,32?,33-,34-,35-,36-,37+,38-,39-,40-,41-,42-,43-,44-,45-,46-,47-,48+/m1/s1. The second kappa shape index (κ2) is 32.3. The number of aliphatic hydroxyl groups excluding tert-OH is 8. The van der Waals surface area contributed by atoms with Gasteiger partial charge in [-0.25, -0.2) is 0 Å². The fourth-order valence-corrected chi connectivity index (χ4v) is 9.74. The average Bonchev–Trinajstić information content (AvgIpc) is 3.62. The van der Waals surface area contributed by atoms with Crippen molar-refractivity contribution in [2.75, 3.05) is 52.5 Å². The smallest absolute Gasteiger partial charge is 0.187 e. The van der Waals surface area contributed by atoms with Gasteiger partial charge in [-0.05, 0) is 71.2 Å². The van der Waals surface area contributed by atoms with Crippen molar-refractivity contribution in [3.8, 4) is 0 Å². The summed E-state index contributed by atoms with van der Waals surface area (Å²) in [6, 6.07) is -2.73. The number of ether oxygens (including phenoxy) is 6. The molecular weight excluding hydrogens is 871 g/mol. The van der Waals surface area contributed by atoms with Crippen LogP contribution >= 0.6 is 0 Å². The monoisotopic (exact) mass is 966 g/mol. The summed E-state index contributed by atoms with van der Waals surface area (Å²) in [4.78, 5) is 0. The van der Waals surface area contributed by atoms with Crippen LogP contribution < -0.4 is 26.6 Å². The number of rotatable bonds is 34. The Morgan fingerprint density at radius 3 is 1.33 bits per heavy atom. The van der Waals surface area contributed by atoms with Gasteiger partial charge in [-0.15, -0.1) is 0 Å². The lowest BCUT2D eigenvalue weighted by Crippen LogP contribution is -2.69. The summed E-state index contributed by atoms with van der Waals surface area (Å²) in [5.41, 5.74) is 0. The van der Waals surface area contributed by atoms with Crippen molar-refractivity contribution in [2.45, 2.75) is 254 Å². The minimum Gasteiger partial charge on any atom is -0.394 e. The van der Waals surface area contributed by atoms with Crippen molar-refractivity contribution < 1.29 is 69.3 Å². The van der Waals surface area contributed by atoms with E-state index in [1.54, 1.807) is 0 Å². The maximum Gasteiger partial charge on any atom is 0.187 e. The van der Waals surface area contributed by atoms with Crippen molar-refractivity contribution >= 4 is 0 Å². The molecule has 0 aromatic rings.